The molecule has 2 aromatic rings. The zero-order valence-corrected chi connectivity index (χ0v) is 18.5. The molecule has 1 aliphatic rings. The van der Waals surface area contributed by atoms with E-state index < -0.39 is 5.91 Å². The first-order chi connectivity index (χ1) is 14.5. The molecule has 2 atom stereocenters. The molecule has 1 amide bonds. The van der Waals surface area contributed by atoms with E-state index in [-0.39, 0.29) is 5.50 Å². The number of thioether (sulfide) groups is 1. The van der Waals surface area contributed by atoms with E-state index in [4.69, 9.17) is 5.21 Å². The third-order valence-electron chi connectivity index (χ3n) is 4.87. The van der Waals surface area contributed by atoms with Gasteiger partial charge in [0, 0.05) is 24.9 Å². The van der Waals surface area contributed by atoms with Crippen LogP contribution in [0.1, 0.15) is 18.1 Å². The van der Waals surface area contributed by atoms with Gasteiger partial charge in [-0.2, -0.15) is 0 Å². The molecular weight excluding hydrogens is 396 g/mol. The number of amides is 1. The van der Waals surface area contributed by atoms with E-state index in [9.17, 15) is 4.79 Å². The summed E-state index contributed by atoms with van der Waals surface area (Å²) in [6.45, 7) is 4.26. The molecule has 6 nitrogen and oxygen atoms in total. The Morgan fingerprint density at radius 1 is 1.30 bits per heavy atom. The van der Waals surface area contributed by atoms with Crippen LogP contribution < -0.4 is 15.7 Å². The predicted octanol–water partition coefficient (Wildman–Crippen LogP) is 3.85. The molecule has 1 aliphatic heterocycles. The van der Waals surface area contributed by atoms with Gasteiger partial charge in [-0.1, -0.05) is 43.3 Å². The zero-order valence-electron chi connectivity index (χ0n) is 17.7. The molecule has 1 heterocycles. The summed E-state index contributed by atoms with van der Waals surface area (Å²) in [6, 6.07) is 16.6. The molecule has 0 aromatic heterocycles. The SMILES string of the molecule is CC(CN(C)C)CN1c2ccc(/C=C/C(=O)NO)cc2NC1SCc1ccccc1. The minimum Gasteiger partial charge on any atom is -0.355 e. The second-order valence-corrected chi connectivity index (χ2v) is 8.97. The highest BCUT2D eigenvalue weighted by Crippen LogP contribution is 2.40. The maximum absolute atomic E-state index is 11.3. The van der Waals surface area contributed by atoms with Crippen molar-refractivity contribution in [1.82, 2.24) is 10.4 Å². The number of carbonyl (C=O) groups is 1. The predicted molar refractivity (Wildman–Crippen MR) is 126 cm³/mol. The lowest BCUT2D eigenvalue weighted by atomic mass is 10.1. The Labute approximate surface area is 182 Å². The molecular formula is C23H30N4O2S. The molecule has 0 bridgehead atoms. The monoisotopic (exact) mass is 426 g/mol. The van der Waals surface area contributed by atoms with Crippen molar-refractivity contribution in [2.24, 2.45) is 5.92 Å². The summed E-state index contributed by atoms with van der Waals surface area (Å²) in [5, 5.41) is 12.3. The van der Waals surface area contributed by atoms with E-state index >= 15 is 0 Å². The van der Waals surface area contributed by atoms with Gasteiger partial charge in [0.25, 0.3) is 5.91 Å². The Bertz CT molecular complexity index is 873. The number of hydrogen-bond donors (Lipinski definition) is 3. The zero-order chi connectivity index (χ0) is 21.5. The fraction of sp³-hybridized carbons (Fsp3) is 0.348. The van der Waals surface area contributed by atoms with Gasteiger partial charge >= 0.3 is 0 Å². The summed E-state index contributed by atoms with van der Waals surface area (Å²) in [5.74, 6) is 0.897. The van der Waals surface area contributed by atoms with E-state index in [0.717, 1.165) is 30.1 Å². The first-order valence-corrected chi connectivity index (χ1v) is 11.1. The molecule has 3 N–H and O–H groups in total. The lowest BCUT2D eigenvalue weighted by Gasteiger charge is -2.30. The van der Waals surface area contributed by atoms with Crippen LogP contribution in [0.2, 0.25) is 0 Å². The molecule has 3 rings (SSSR count). The number of anilines is 2. The van der Waals surface area contributed by atoms with Gasteiger partial charge in [-0.15, -0.1) is 11.8 Å². The first kappa shape index (κ1) is 22.2. The van der Waals surface area contributed by atoms with Crippen LogP contribution in [0.3, 0.4) is 0 Å². The number of nitrogens with zero attached hydrogens (tertiary/aromatic N) is 2. The summed E-state index contributed by atoms with van der Waals surface area (Å²) >= 11 is 1.88. The fourth-order valence-corrected chi connectivity index (χ4v) is 4.79. The maximum atomic E-state index is 11.3. The van der Waals surface area contributed by atoms with Gasteiger partial charge in [-0.25, -0.2) is 5.48 Å². The molecule has 0 fully saturated rings. The smallest absolute Gasteiger partial charge is 0.267 e. The van der Waals surface area contributed by atoms with Crippen LogP contribution >= 0.6 is 11.8 Å². The van der Waals surface area contributed by atoms with Crippen molar-refractivity contribution in [3.05, 3.63) is 65.7 Å². The molecule has 160 valence electrons. The normalized spacial score (nSPS) is 16.6. The van der Waals surface area contributed by atoms with Gasteiger partial charge in [0.05, 0.1) is 11.4 Å². The largest absolute Gasteiger partial charge is 0.355 e. The van der Waals surface area contributed by atoms with Crippen molar-refractivity contribution >= 4 is 35.1 Å². The van der Waals surface area contributed by atoms with Crippen LogP contribution in [0.15, 0.2) is 54.6 Å². The minimum atomic E-state index is -0.543. The summed E-state index contributed by atoms with van der Waals surface area (Å²) < 4.78 is 0. The van der Waals surface area contributed by atoms with Crippen molar-refractivity contribution in [3.8, 4) is 0 Å². The van der Waals surface area contributed by atoms with Gasteiger partial charge in [0.2, 0.25) is 0 Å². The Hall–Kier alpha value is -2.48. The van der Waals surface area contributed by atoms with Gasteiger partial charge in [0.1, 0.15) is 5.50 Å². The molecule has 2 aromatic carbocycles. The van der Waals surface area contributed by atoms with Crippen LogP contribution in [0, 0.1) is 5.92 Å². The maximum Gasteiger partial charge on any atom is 0.267 e. The van der Waals surface area contributed by atoms with E-state index in [1.165, 1.54) is 17.3 Å². The van der Waals surface area contributed by atoms with E-state index in [0.29, 0.717) is 5.92 Å². The highest BCUT2D eigenvalue weighted by Gasteiger charge is 2.30. The number of hydrogen-bond acceptors (Lipinski definition) is 6. The minimum absolute atomic E-state index is 0.143. The Morgan fingerprint density at radius 3 is 2.77 bits per heavy atom. The third kappa shape index (κ3) is 6.01. The van der Waals surface area contributed by atoms with Crippen LogP contribution in [-0.4, -0.2) is 48.7 Å². The standard InChI is InChI=1S/C23H30N4O2S/c1-17(14-26(2)3)15-27-21-11-9-18(10-12-22(28)25-29)13-20(21)24-23(27)30-16-19-7-5-4-6-8-19/h4-13,17,23-24,29H,14-16H2,1-3H3,(H,25,28)/b12-10+. The summed E-state index contributed by atoms with van der Waals surface area (Å²) in [7, 11) is 4.21. The lowest BCUT2D eigenvalue weighted by Crippen LogP contribution is -2.38. The molecule has 30 heavy (non-hydrogen) atoms. The van der Waals surface area contributed by atoms with Gasteiger partial charge in [-0.3, -0.25) is 10.0 Å². The average molecular weight is 427 g/mol. The summed E-state index contributed by atoms with van der Waals surface area (Å²) in [4.78, 5) is 15.9. The molecule has 7 heteroatoms. The van der Waals surface area contributed by atoms with Gasteiger partial charge < -0.3 is 15.1 Å². The highest BCUT2D eigenvalue weighted by molar-refractivity contribution is 7.99. The Morgan fingerprint density at radius 2 is 2.07 bits per heavy atom. The van der Waals surface area contributed by atoms with E-state index in [2.05, 4.69) is 66.5 Å². The van der Waals surface area contributed by atoms with Crippen LogP contribution in [0.4, 0.5) is 11.4 Å². The molecule has 0 aliphatic carbocycles. The van der Waals surface area contributed by atoms with Crippen LogP contribution in [0.5, 0.6) is 0 Å². The topological polar surface area (TPSA) is 67.8 Å². The number of hydroxylamine groups is 1. The highest BCUT2D eigenvalue weighted by atomic mass is 32.2. The molecule has 0 radical (unpaired) electrons. The molecule has 0 spiro atoms. The quantitative estimate of drug-likeness (QED) is 0.322. The van der Waals surface area contributed by atoms with E-state index in [1.807, 2.05) is 30.0 Å². The van der Waals surface area contributed by atoms with Gasteiger partial charge in [-0.05, 0) is 49.3 Å². The fourth-order valence-electron chi connectivity index (χ4n) is 3.66. The number of nitrogens with one attached hydrogen (secondary N) is 2. The average Bonchev–Trinajstić information content (AvgIpc) is 3.07. The Balaban J connectivity index is 1.77. The molecule has 2 unspecified atom stereocenters. The number of carbonyl (C=O) groups excluding carboxylic acids is 1. The first-order valence-electron chi connectivity index (χ1n) is 10.1. The van der Waals surface area contributed by atoms with Crippen LogP contribution in [0.25, 0.3) is 6.08 Å². The lowest BCUT2D eigenvalue weighted by molar-refractivity contribution is -0.124. The second kappa shape index (κ2) is 10.5. The van der Waals surface area contributed by atoms with Gasteiger partial charge in [0.15, 0.2) is 0 Å². The third-order valence-corrected chi connectivity index (χ3v) is 6.05. The summed E-state index contributed by atoms with van der Waals surface area (Å²) in [5.41, 5.74) is 6.20. The second-order valence-electron chi connectivity index (χ2n) is 7.90. The van der Waals surface area contributed by atoms with Crippen molar-refractivity contribution in [1.29, 1.82) is 0 Å². The number of fused-ring (bicyclic) bond motifs is 1. The Kier molecular flexibility index (Phi) is 7.79. The summed E-state index contributed by atoms with van der Waals surface area (Å²) in [6.07, 6.45) is 3.01. The van der Waals surface area contributed by atoms with Crippen LogP contribution in [-0.2, 0) is 10.5 Å². The number of benzene rings is 2. The number of rotatable bonds is 9. The molecule has 0 saturated heterocycles. The van der Waals surface area contributed by atoms with E-state index in [1.54, 1.807) is 11.6 Å². The van der Waals surface area contributed by atoms with Crippen molar-refractivity contribution in [2.75, 3.05) is 37.4 Å². The van der Waals surface area contributed by atoms with Crippen molar-refractivity contribution < 1.29 is 10.0 Å². The van der Waals surface area contributed by atoms with Crippen molar-refractivity contribution in [3.63, 3.8) is 0 Å². The van der Waals surface area contributed by atoms with Crippen molar-refractivity contribution in [2.45, 2.75) is 18.2 Å². The molecule has 0 saturated carbocycles.